The molecule has 0 unspecified atom stereocenters. The molecule has 8 rings (SSSR count). The number of hydrogen-bond acceptors (Lipinski definition) is 10. The number of benzene rings is 6. The molecule has 2 aromatic heterocycles. The monoisotopic (exact) mass is 986 g/mol. The Hall–Kier alpha value is -6.08. The average molecular weight is 987 g/mol. The summed E-state index contributed by atoms with van der Waals surface area (Å²) >= 11 is 0. The van der Waals surface area contributed by atoms with Gasteiger partial charge >= 0.3 is 16.5 Å². The van der Waals surface area contributed by atoms with Crippen molar-refractivity contribution < 1.29 is 44.8 Å². The van der Waals surface area contributed by atoms with Crippen LogP contribution in [-0.2, 0) is 21.7 Å². The maximum absolute atomic E-state index is 7.48. The first-order valence-corrected chi connectivity index (χ1v) is 25.8. The van der Waals surface area contributed by atoms with Gasteiger partial charge in [0.1, 0.15) is 56.8 Å². The molecule has 0 N–H and O–H groups in total. The maximum atomic E-state index is 7.48. The van der Waals surface area contributed by atoms with Crippen molar-refractivity contribution in [2.24, 2.45) is 0 Å². The van der Waals surface area contributed by atoms with E-state index in [4.69, 9.17) is 44.8 Å². The Labute approximate surface area is 414 Å². The summed E-state index contributed by atoms with van der Waals surface area (Å²) in [5.41, 5.74) is 9.13. The quantitative estimate of drug-likeness (QED) is 0.139. The molecule has 0 atom stereocenters. The van der Waals surface area contributed by atoms with Crippen molar-refractivity contribution in [3.63, 3.8) is 0 Å². The largest absolute Gasteiger partial charge is 0.497 e. The van der Waals surface area contributed by atoms with Crippen LogP contribution in [0.2, 0.25) is 0 Å². The van der Waals surface area contributed by atoms with Gasteiger partial charge in [0.05, 0.1) is 28.4 Å². The Balaban J connectivity index is 1.54. The van der Waals surface area contributed by atoms with Gasteiger partial charge in [-0.15, -0.1) is 0 Å². The van der Waals surface area contributed by atoms with E-state index in [9.17, 15) is 0 Å². The SMILES string of the molecule is COc1ccc2op(Oc3c(C(C)(C)C)cc(C(C)(C)C)c(C)c3-c3c(C)c(C(C)(C)C)cc(C(C)(C)C)c3Op3oc4ccc(OC)cc4c4cc(OC)ccc4o3)oc3ccc(OC)cc3c2c1. The zero-order valence-electron chi connectivity index (χ0n) is 44.1. The van der Waals surface area contributed by atoms with Crippen LogP contribution < -0.4 is 28.0 Å². The van der Waals surface area contributed by atoms with Crippen LogP contribution in [0.5, 0.6) is 34.5 Å². The van der Waals surface area contributed by atoms with Gasteiger partial charge in [0, 0.05) is 43.8 Å². The molecule has 6 aromatic carbocycles. The predicted molar refractivity (Wildman–Crippen MR) is 287 cm³/mol. The molecule has 0 amide bonds. The van der Waals surface area contributed by atoms with Crippen LogP contribution in [0.15, 0.2) is 102 Å². The third-order valence-electron chi connectivity index (χ3n) is 12.9. The van der Waals surface area contributed by atoms with Crippen molar-refractivity contribution in [3.05, 3.63) is 118 Å². The molecule has 2 heterocycles. The minimum absolute atomic E-state index is 0.273. The lowest BCUT2D eigenvalue weighted by Crippen LogP contribution is -2.22. The second kappa shape index (κ2) is 18.6. The first-order valence-electron chi connectivity index (χ1n) is 23.6. The van der Waals surface area contributed by atoms with Gasteiger partial charge in [-0.05, 0) is 131 Å². The number of fused-ring (bicyclic) bond motifs is 6. The molecule has 8 aromatic rings. The maximum Gasteiger partial charge on any atom is 0.453 e. The molecule has 0 radical (unpaired) electrons. The van der Waals surface area contributed by atoms with Crippen molar-refractivity contribution in [3.8, 4) is 45.6 Å². The molecular weight excluding hydrogens is 919 g/mol. The van der Waals surface area contributed by atoms with Crippen molar-refractivity contribution in [1.29, 1.82) is 0 Å². The smallest absolute Gasteiger partial charge is 0.453 e. The fourth-order valence-electron chi connectivity index (χ4n) is 9.27. The number of methoxy groups -OCH3 is 4. The Morgan fingerprint density at radius 1 is 0.343 bits per heavy atom. The molecular formula is C58H68O10P2. The molecule has 0 fully saturated rings. The minimum atomic E-state index is -2.15. The highest BCUT2D eigenvalue weighted by atomic mass is 31.1. The lowest BCUT2D eigenvalue weighted by molar-refractivity contribution is 0.415. The van der Waals surface area contributed by atoms with E-state index in [1.807, 2.05) is 72.8 Å². The molecule has 12 heteroatoms. The zero-order valence-corrected chi connectivity index (χ0v) is 45.8. The molecule has 0 aliphatic heterocycles. The Kier molecular flexibility index (Phi) is 13.4. The summed E-state index contributed by atoms with van der Waals surface area (Å²) < 4.78 is 65.4. The summed E-state index contributed by atoms with van der Waals surface area (Å²) in [6.07, 6.45) is 0. The summed E-state index contributed by atoms with van der Waals surface area (Å²) in [4.78, 5) is 0. The van der Waals surface area contributed by atoms with Crippen LogP contribution in [-0.4, -0.2) is 28.4 Å². The second-order valence-corrected chi connectivity index (χ2v) is 24.0. The van der Waals surface area contributed by atoms with Crippen molar-refractivity contribution in [2.75, 3.05) is 28.4 Å². The average Bonchev–Trinajstić information content (AvgIpc) is 3.53. The summed E-state index contributed by atoms with van der Waals surface area (Å²) in [6, 6.07) is 27.6. The summed E-state index contributed by atoms with van der Waals surface area (Å²) in [5, 5.41) is 3.18. The lowest BCUT2D eigenvalue weighted by Gasteiger charge is -2.34. The number of rotatable bonds is 9. The minimum Gasteiger partial charge on any atom is -0.497 e. The van der Waals surface area contributed by atoms with Gasteiger partial charge in [0.15, 0.2) is 0 Å². The van der Waals surface area contributed by atoms with Crippen molar-refractivity contribution in [1.82, 2.24) is 0 Å². The summed E-state index contributed by atoms with van der Waals surface area (Å²) in [5.74, 6) is 4.00. The van der Waals surface area contributed by atoms with E-state index in [0.717, 1.165) is 54.9 Å². The Bertz CT molecular complexity index is 3030. The number of hydrogen-bond donors (Lipinski definition) is 0. The van der Waals surface area contributed by atoms with Gasteiger partial charge in [-0.1, -0.05) is 95.2 Å². The van der Waals surface area contributed by atoms with Gasteiger partial charge in [-0.2, -0.15) is 0 Å². The summed E-state index contributed by atoms with van der Waals surface area (Å²) in [7, 11) is 2.31. The van der Waals surface area contributed by atoms with Gasteiger partial charge in [-0.25, -0.2) is 0 Å². The number of ether oxygens (including phenoxy) is 4. The molecule has 0 spiro atoms. The molecule has 0 aliphatic rings. The van der Waals surface area contributed by atoms with Crippen LogP contribution in [0.3, 0.4) is 0 Å². The molecule has 370 valence electrons. The standard InChI is InChI=1S/C58H68O10P2/c1-33-43(55(3,4)5)31-45(57(9,10)11)53(67-69-63-47-23-19-35(59-15)27-39(47)40-28-36(60-16)20-24-48(40)64-69)51(33)52-34(2)44(56(6,7)8)32-46(58(12,13)14)54(52)68-70-65-49-25-21-37(61-17)29-41(49)42-30-38(62-18)22-26-50(42)66-70/h19-32H,1-18H3. The zero-order chi connectivity index (χ0) is 50.8. The van der Waals surface area contributed by atoms with Crippen LogP contribution in [0.1, 0.15) is 116 Å². The van der Waals surface area contributed by atoms with Crippen LogP contribution in [0.25, 0.3) is 55.0 Å². The van der Waals surface area contributed by atoms with Gasteiger partial charge in [0.25, 0.3) is 0 Å². The molecule has 0 bridgehead atoms. The third-order valence-corrected chi connectivity index (χ3v) is 15.0. The first-order chi connectivity index (χ1) is 32.8. The highest BCUT2D eigenvalue weighted by Gasteiger charge is 2.37. The van der Waals surface area contributed by atoms with E-state index in [1.165, 1.54) is 11.1 Å². The Morgan fingerprint density at radius 3 is 0.800 bits per heavy atom. The predicted octanol–water partition coefficient (Wildman–Crippen LogP) is 18.1. The van der Waals surface area contributed by atoms with Crippen LogP contribution >= 0.6 is 16.5 Å². The topological polar surface area (TPSA) is 108 Å². The van der Waals surface area contributed by atoms with E-state index < -0.39 is 27.3 Å². The molecule has 0 aliphatic carbocycles. The van der Waals surface area contributed by atoms with E-state index in [2.05, 4.69) is 109 Å². The van der Waals surface area contributed by atoms with E-state index in [0.29, 0.717) is 56.8 Å². The van der Waals surface area contributed by atoms with Crippen molar-refractivity contribution >= 4 is 60.4 Å². The molecule has 70 heavy (non-hydrogen) atoms. The van der Waals surface area contributed by atoms with E-state index in [1.54, 1.807) is 28.4 Å². The molecule has 0 saturated carbocycles. The highest BCUT2D eigenvalue weighted by molar-refractivity contribution is 7.32. The molecule has 10 nitrogen and oxygen atoms in total. The Morgan fingerprint density at radius 2 is 0.586 bits per heavy atom. The molecule has 0 saturated heterocycles. The van der Waals surface area contributed by atoms with Gasteiger partial charge < -0.3 is 44.8 Å². The van der Waals surface area contributed by atoms with Gasteiger partial charge in [0.2, 0.25) is 0 Å². The highest BCUT2D eigenvalue weighted by Crippen LogP contribution is 2.56. The normalized spacial score (nSPS) is 12.4. The van der Waals surface area contributed by atoms with E-state index >= 15 is 0 Å². The second-order valence-electron chi connectivity index (χ2n) is 22.0. The fraction of sp³-hybridized carbons (Fsp3) is 0.379. The lowest BCUT2D eigenvalue weighted by atomic mass is 9.72. The van der Waals surface area contributed by atoms with E-state index in [-0.39, 0.29) is 10.8 Å². The van der Waals surface area contributed by atoms with Gasteiger partial charge in [-0.3, -0.25) is 0 Å². The van der Waals surface area contributed by atoms with Crippen LogP contribution in [0.4, 0.5) is 0 Å². The fourth-order valence-corrected chi connectivity index (χ4v) is 11.4. The van der Waals surface area contributed by atoms with Crippen LogP contribution in [0, 0.1) is 13.8 Å². The third kappa shape index (κ3) is 9.70. The first kappa shape index (κ1) is 50.3. The van der Waals surface area contributed by atoms with Crippen molar-refractivity contribution in [2.45, 2.75) is 119 Å². The summed E-state index contributed by atoms with van der Waals surface area (Å²) in [6.45, 7) is 31.3.